The molecule has 2 unspecified atom stereocenters. The van der Waals surface area contributed by atoms with E-state index in [0.717, 1.165) is 19.3 Å². The van der Waals surface area contributed by atoms with Crippen molar-refractivity contribution < 1.29 is 14.7 Å². The highest BCUT2D eigenvalue weighted by atomic mass is 16.4. The number of carbonyl (C=O) groups is 2. The second-order valence-corrected chi connectivity index (χ2v) is 5.65. The Morgan fingerprint density at radius 3 is 2.42 bits per heavy atom. The van der Waals surface area contributed by atoms with Crippen LogP contribution in [0, 0.1) is 5.92 Å². The zero-order chi connectivity index (χ0) is 14.3. The van der Waals surface area contributed by atoms with Gasteiger partial charge in [0.1, 0.15) is 6.04 Å². The molecule has 2 atom stereocenters. The van der Waals surface area contributed by atoms with Gasteiger partial charge in [-0.3, -0.25) is 4.79 Å². The van der Waals surface area contributed by atoms with E-state index in [1.807, 2.05) is 6.92 Å². The van der Waals surface area contributed by atoms with Gasteiger partial charge in [-0.05, 0) is 18.8 Å². The van der Waals surface area contributed by atoms with Gasteiger partial charge in [-0.25, -0.2) is 4.79 Å². The summed E-state index contributed by atoms with van der Waals surface area (Å²) in [4.78, 5) is 24.8. The van der Waals surface area contributed by atoms with Crippen LogP contribution in [-0.2, 0) is 9.59 Å². The Hall–Kier alpha value is -1.06. The minimum absolute atomic E-state index is 0.0206. The Bertz CT molecular complexity index is 304. The number of nitrogens with zero attached hydrogens (tertiary/aromatic N) is 1. The maximum absolute atomic E-state index is 12.1. The average Bonchev–Trinajstić information content (AvgIpc) is 2.75. The van der Waals surface area contributed by atoms with Gasteiger partial charge in [-0.15, -0.1) is 0 Å². The molecule has 1 heterocycles. The Kier molecular flexibility index (Phi) is 6.89. The molecule has 1 rings (SSSR count). The lowest BCUT2D eigenvalue weighted by atomic mass is 10.0. The molecule has 0 aliphatic carbocycles. The topological polar surface area (TPSA) is 57.6 Å². The first-order chi connectivity index (χ1) is 9.07. The number of unbranched alkanes of at least 4 members (excludes halogenated alkanes) is 5. The summed E-state index contributed by atoms with van der Waals surface area (Å²) >= 11 is 0. The van der Waals surface area contributed by atoms with E-state index in [-0.39, 0.29) is 11.8 Å². The number of likely N-dealkylation sites (tertiary alicyclic amines) is 1. The highest BCUT2D eigenvalue weighted by Crippen LogP contribution is 2.25. The van der Waals surface area contributed by atoms with E-state index in [4.69, 9.17) is 0 Å². The van der Waals surface area contributed by atoms with Crippen molar-refractivity contribution in [2.24, 2.45) is 5.92 Å². The Morgan fingerprint density at radius 1 is 1.16 bits per heavy atom. The van der Waals surface area contributed by atoms with Crippen LogP contribution in [-0.4, -0.2) is 34.5 Å². The molecule has 1 amide bonds. The van der Waals surface area contributed by atoms with Crippen LogP contribution in [0.25, 0.3) is 0 Å². The summed E-state index contributed by atoms with van der Waals surface area (Å²) in [5.41, 5.74) is 0. The summed E-state index contributed by atoms with van der Waals surface area (Å²) in [6.45, 7) is 4.70. The number of carbonyl (C=O) groups excluding carboxylic acids is 1. The molecular formula is C15H27NO3. The standard InChI is InChI=1S/C15H27NO3/c1-3-4-5-6-7-8-9-13(17)16-11-10-12(2)14(16)15(18)19/h12,14H,3-11H2,1-2H3,(H,18,19). The largest absolute Gasteiger partial charge is 0.480 e. The molecule has 1 saturated heterocycles. The minimum Gasteiger partial charge on any atom is -0.480 e. The smallest absolute Gasteiger partial charge is 0.326 e. The number of hydrogen-bond donors (Lipinski definition) is 1. The molecule has 1 fully saturated rings. The molecule has 19 heavy (non-hydrogen) atoms. The lowest BCUT2D eigenvalue weighted by Crippen LogP contribution is -2.42. The van der Waals surface area contributed by atoms with Crippen molar-refractivity contribution >= 4 is 11.9 Å². The predicted octanol–water partition coefficient (Wildman–Crippen LogP) is 3.06. The van der Waals surface area contributed by atoms with Gasteiger partial charge >= 0.3 is 5.97 Å². The molecule has 0 spiro atoms. The monoisotopic (exact) mass is 269 g/mol. The molecule has 1 aliphatic heterocycles. The first-order valence-corrected chi connectivity index (χ1v) is 7.60. The third-order valence-corrected chi connectivity index (χ3v) is 4.02. The van der Waals surface area contributed by atoms with Crippen molar-refractivity contribution in [2.45, 2.75) is 71.3 Å². The van der Waals surface area contributed by atoms with Crippen LogP contribution in [0.15, 0.2) is 0 Å². The van der Waals surface area contributed by atoms with E-state index in [1.165, 1.54) is 25.7 Å². The van der Waals surface area contributed by atoms with E-state index < -0.39 is 12.0 Å². The SMILES string of the molecule is CCCCCCCCC(=O)N1CCC(C)C1C(=O)O. The predicted molar refractivity (Wildman–Crippen MR) is 74.9 cm³/mol. The van der Waals surface area contributed by atoms with Gasteiger partial charge in [0, 0.05) is 13.0 Å². The fraction of sp³-hybridized carbons (Fsp3) is 0.867. The molecule has 0 bridgehead atoms. The second kappa shape index (κ2) is 8.18. The maximum Gasteiger partial charge on any atom is 0.326 e. The van der Waals surface area contributed by atoms with Crippen LogP contribution in [0.5, 0.6) is 0 Å². The van der Waals surface area contributed by atoms with Gasteiger partial charge in [-0.2, -0.15) is 0 Å². The number of rotatable bonds is 8. The van der Waals surface area contributed by atoms with Crippen molar-refractivity contribution in [1.82, 2.24) is 4.90 Å². The van der Waals surface area contributed by atoms with Gasteiger partial charge in [0.05, 0.1) is 0 Å². The summed E-state index contributed by atoms with van der Waals surface area (Å²) in [6.07, 6.45) is 8.18. The third-order valence-electron chi connectivity index (χ3n) is 4.02. The normalized spacial score (nSPS) is 22.7. The number of amides is 1. The fourth-order valence-electron chi connectivity index (χ4n) is 2.80. The Morgan fingerprint density at radius 2 is 1.79 bits per heavy atom. The molecule has 0 aromatic rings. The van der Waals surface area contributed by atoms with Crippen LogP contribution in [0.2, 0.25) is 0 Å². The van der Waals surface area contributed by atoms with Crippen molar-refractivity contribution in [3.05, 3.63) is 0 Å². The lowest BCUT2D eigenvalue weighted by molar-refractivity contribution is -0.149. The van der Waals surface area contributed by atoms with Crippen molar-refractivity contribution in [2.75, 3.05) is 6.54 Å². The van der Waals surface area contributed by atoms with Gasteiger partial charge < -0.3 is 10.0 Å². The second-order valence-electron chi connectivity index (χ2n) is 5.65. The Labute approximate surface area is 116 Å². The molecule has 0 aromatic carbocycles. The summed E-state index contributed by atoms with van der Waals surface area (Å²) in [7, 11) is 0. The average molecular weight is 269 g/mol. The summed E-state index contributed by atoms with van der Waals surface area (Å²) in [6, 6.07) is -0.604. The van der Waals surface area contributed by atoms with E-state index >= 15 is 0 Å². The van der Waals surface area contributed by atoms with E-state index in [0.29, 0.717) is 13.0 Å². The van der Waals surface area contributed by atoms with E-state index in [2.05, 4.69) is 6.92 Å². The first kappa shape index (κ1) is 16.0. The molecule has 0 radical (unpaired) electrons. The highest BCUT2D eigenvalue weighted by molar-refractivity contribution is 5.84. The number of carboxylic acids is 1. The van der Waals surface area contributed by atoms with Gasteiger partial charge in [0.15, 0.2) is 0 Å². The van der Waals surface area contributed by atoms with Crippen LogP contribution in [0.4, 0.5) is 0 Å². The van der Waals surface area contributed by atoms with Gasteiger partial charge in [0.25, 0.3) is 0 Å². The molecule has 110 valence electrons. The van der Waals surface area contributed by atoms with Crippen LogP contribution < -0.4 is 0 Å². The van der Waals surface area contributed by atoms with Crippen molar-refractivity contribution in [1.29, 1.82) is 0 Å². The molecule has 0 saturated carbocycles. The number of hydrogen-bond acceptors (Lipinski definition) is 2. The highest BCUT2D eigenvalue weighted by Gasteiger charge is 2.38. The van der Waals surface area contributed by atoms with Crippen LogP contribution in [0.1, 0.15) is 65.2 Å². The van der Waals surface area contributed by atoms with Gasteiger partial charge in [0.2, 0.25) is 5.91 Å². The zero-order valence-corrected chi connectivity index (χ0v) is 12.2. The van der Waals surface area contributed by atoms with Crippen LogP contribution >= 0.6 is 0 Å². The number of carboxylic acid groups (broad SMARTS) is 1. The summed E-state index contributed by atoms with van der Waals surface area (Å²) < 4.78 is 0. The van der Waals surface area contributed by atoms with E-state index in [1.54, 1.807) is 4.90 Å². The maximum atomic E-state index is 12.1. The molecule has 0 aromatic heterocycles. The van der Waals surface area contributed by atoms with Gasteiger partial charge in [-0.1, -0.05) is 46.0 Å². The van der Waals surface area contributed by atoms with Crippen LogP contribution in [0.3, 0.4) is 0 Å². The summed E-state index contributed by atoms with van der Waals surface area (Å²) in [5, 5.41) is 9.18. The quantitative estimate of drug-likeness (QED) is 0.689. The summed E-state index contributed by atoms with van der Waals surface area (Å²) in [5.74, 6) is -0.764. The molecular weight excluding hydrogens is 242 g/mol. The third kappa shape index (κ3) is 4.84. The Balaban J connectivity index is 2.27. The first-order valence-electron chi connectivity index (χ1n) is 7.60. The van der Waals surface area contributed by atoms with E-state index in [9.17, 15) is 14.7 Å². The molecule has 4 heteroatoms. The fourth-order valence-corrected chi connectivity index (χ4v) is 2.80. The lowest BCUT2D eigenvalue weighted by Gasteiger charge is -2.23. The minimum atomic E-state index is -0.860. The molecule has 1 N–H and O–H groups in total. The number of aliphatic carboxylic acids is 1. The van der Waals surface area contributed by atoms with Crippen molar-refractivity contribution in [3.63, 3.8) is 0 Å². The van der Waals surface area contributed by atoms with Crippen molar-refractivity contribution in [3.8, 4) is 0 Å². The molecule has 1 aliphatic rings. The molecule has 4 nitrogen and oxygen atoms in total. The zero-order valence-electron chi connectivity index (χ0n) is 12.2.